The Kier molecular flexibility index (Phi) is 5.92. The third-order valence-electron chi connectivity index (χ3n) is 4.69. The Morgan fingerprint density at radius 1 is 1.14 bits per heavy atom. The molecule has 0 saturated carbocycles. The minimum absolute atomic E-state index is 0.154. The molecule has 5 nitrogen and oxygen atoms in total. The summed E-state index contributed by atoms with van der Waals surface area (Å²) in [6.45, 7) is 3.74. The van der Waals surface area contributed by atoms with Gasteiger partial charge in [0.05, 0.1) is 10.4 Å². The molecular weight excluding hydrogens is 388 g/mol. The molecular formula is C21H22N4OS2. The minimum Gasteiger partial charge on any atom is -0.339 e. The van der Waals surface area contributed by atoms with E-state index >= 15 is 0 Å². The van der Waals surface area contributed by atoms with Crippen LogP contribution in [0.3, 0.4) is 0 Å². The molecule has 1 aliphatic heterocycles. The summed E-state index contributed by atoms with van der Waals surface area (Å²) in [5.41, 5.74) is 1.84. The lowest BCUT2D eigenvalue weighted by Crippen LogP contribution is -2.35. The van der Waals surface area contributed by atoms with Crippen molar-refractivity contribution in [1.82, 2.24) is 14.9 Å². The molecule has 1 fully saturated rings. The van der Waals surface area contributed by atoms with Crippen LogP contribution in [0.25, 0.3) is 0 Å². The Labute approximate surface area is 173 Å². The molecule has 144 valence electrons. The smallest absolute Gasteiger partial charge is 0.254 e. The van der Waals surface area contributed by atoms with Gasteiger partial charge in [0.1, 0.15) is 5.82 Å². The van der Waals surface area contributed by atoms with E-state index in [0.717, 1.165) is 57.1 Å². The van der Waals surface area contributed by atoms with Gasteiger partial charge >= 0.3 is 0 Å². The van der Waals surface area contributed by atoms with Crippen LogP contribution < -0.4 is 5.32 Å². The highest BCUT2D eigenvalue weighted by Crippen LogP contribution is 2.35. The monoisotopic (exact) mass is 410 g/mol. The first-order valence-electron chi connectivity index (χ1n) is 9.41. The Morgan fingerprint density at radius 3 is 2.79 bits per heavy atom. The number of piperidine rings is 1. The van der Waals surface area contributed by atoms with E-state index in [1.807, 2.05) is 48.4 Å². The molecule has 4 rings (SSSR count). The predicted molar refractivity (Wildman–Crippen MR) is 115 cm³/mol. The summed E-state index contributed by atoms with van der Waals surface area (Å²) in [6, 6.07) is 11.8. The molecule has 0 unspecified atom stereocenters. The number of likely N-dealkylation sites (tertiary alicyclic amines) is 1. The SMILES string of the molecule is Cc1ccc(Sc2cnc(Nc3ccccn3)s2)cc1C(=O)N1CCCCC1. The maximum absolute atomic E-state index is 12.9. The molecule has 7 heteroatoms. The van der Waals surface area contributed by atoms with Gasteiger partial charge in [-0.2, -0.15) is 0 Å². The summed E-state index contributed by atoms with van der Waals surface area (Å²) in [6.07, 6.45) is 7.03. The van der Waals surface area contributed by atoms with Gasteiger partial charge in [0, 0.05) is 29.7 Å². The quantitative estimate of drug-likeness (QED) is 0.613. The molecule has 2 aromatic heterocycles. The van der Waals surface area contributed by atoms with E-state index in [9.17, 15) is 4.79 Å². The zero-order valence-electron chi connectivity index (χ0n) is 15.7. The van der Waals surface area contributed by atoms with Crippen molar-refractivity contribution < 1.29 is 4.79 Å². The highest BCUT2D eigenvalue weighted by molar-refractivity contribution is 8.01. The number of nitrogens with zero attached hydrogens (tertiary/aromatic N) is 3. The second-order valence-corrected chi connectivity index (χ2v) is 9.16. The first-order chi connectivity index (χ1) is 13.7. The van der Waals surface area contributed by atoms with E-state index in [0.29, 0.717) is 0 Å². The van der Waals surface area contributed by atoms with Crippen molar-refractivity contribution in [3.8, 4) is 0 Å². The maximum Gasteiger partial charge on any atom is 0.254 e. The number of carbonyl (C=O) groups excluding carboxylic acids is 1. The fraction of sp³-hybridized carbons (Fsp3) is 0.286. The highest BCUT2D eigenvalue weighted by Gasteiger charge is 2.20. The van der Waals surface area contributed by atoms with E-state index in [-0.39, 0.29) is 5.91 Å². The third-order valence-corrected chi connectivity index (χ3v) is 6.69. The van der Waals surface area contributed by atoms with Crippen LogP contribution in [0, 0.1) is 6.92 Å². The van der Waals surface area contributed by atoms with E-state index in [2.05, 4.69) is 21.4 Å². The van der Waals surface area contributed by atoms with Gasteiger partial charge in [-0.25, -0.2) is 9.97 Å². The number of amides is 1. The number of anilines is 2. The third kappa shape index (κ3) is 4.54. The first-order valence-corrected chi connectivity index (χ1v) is 11.0. The van der Waals surface area contributed by atoms with Crippen LogP contribution in [-0.4, -0.2) is 33.9 Å². The summed E-state index contributed by atoms with van der Waals surface area (Å²) in [5, 5.41) is 4.02. The predicted octanol–water partition coefficient (Wildman–Crippen LogP) is 5.37. The topological polar surface area (TPSA) is 58.1 Å². The Hall–Kier alpha value is -2.38. The summed E-state index contributed by atoms with van der Waals surface area (Å²) < 4.78 is 1.07. The maximum atomic E-state index is 12.9. The summed E-state index contributed by atoms with van der Waals surface area (Å²) in [5.74, 6) is 0.930. The Balaban J connectivity index is 1.47. The minimum atomic E-state index is 0.154. The van der Waals surface area contributed by atoms with Crippen LogP contribution in [0.1, 0.15) is 35.2 Å². The van der Waals surface area contributed by atoms with E-state index < -0.39 is 0 Å². The summed E-state index contributed by atoms with van der Waals surface area (Å²) in [4.78, 5) is 24.7. The van der Waals surface area contributed by atoms with E-state index in [4.69, 9.17) is 0 Å². The number of thiazole rings is 1. The van der Waals surface area contributed by atoms with Crippen molar-refractivity contribution >= 4 is 40.0 Å². The molecule has 3 aromatic rings. The zero-order valence-corrected chi connectivity index (χ0v) is 17.4. The van der Waals surface area contributed by atoms with Crippen molar-refractivity contribution in [2.75, 3.05) is 18.4 Å². The number of aryl methyl sites for hydroxylation is 1. The van der Waals surface area contributed by atoms with Crippen molar-refractivity contribution in [2.45, 2.75) is 35.3 Å². The summed E-state index contributed by atoms with van der Waals surface area (Å²) >= 11 is 3.21. The molecule has 1 aromatic carbocycles. The number of nitrogens with one attached hydrogen (secondary N) is 1. The van der Waals surface area contributed by atoms with Gasteiger partial charge in [0.15, 0.2) is 5.13 Å². The van der Waals surface area contributed by atoms with Crippen LogP contribution in [0.5, 0.6) is 0 Å². The van der Waals surface area contributed by atoms with Gasteiger partial charge in [-0.05, 0) is 56.0 Å². The molecule has 28 heavy (non-hydrogen) atoms. The van der Waals surface area contributed by atoms with Crippen LogP contribution in [0.2, 0.25) is 0 Å². The lowest BCUT2D eigenvalue weighted by molar-refractivity contribution is 0.0723. The van der Waals surface area contributed by atoms with Crippen molar-refractivity contribution in [3.63, 3.8) is 0 Å². The Bertz CT molecular complexity index is 952. The van der Waals surface area contributed by atoms with Crippen molar-refractivity contribution in [1.29, 1.82) is 0 Å². The number of hydrogen-bond donors (Lipinski definition) is 1. The highest BCUT2D eigenvalue weighted by atomic mass is 32.2. The largest absolute Gasteiger partial charge is 0.339 e. The lowest BCUT2D eigenvalue weighted by Gasteiger charge is -2.27. The number of carbonyl (C=O) groups is 1. The van der Waals surface area contributed by atoms with Gasteiger partial charge in [0.25, 0.3) is 5.91 Å². The van der Waals surface area contributed by atoms with Crippen molar-refractivity contribution in [3.05, 3.63) is 59.9 Å². The number of hydrogen-bond acceptors (Lipinski definition) is 6. The second-order valence-electron chi connectivity index (χ2n) is 6.76. The number of rotatable bonds is 5. The van der Waals surface area contributed by atoms with Gasteiger partial charge in [0.2, 0.25) is 0 Å². The standard InChI is InChI=1S/C21H22N4OS2/c1-15-8-9-16(13-17(15)20(26)25-11-5-2-6-12-25)27-19-14-23-21(28-19)24-18-7-3-4-10-22-18/h3-4,7-10,13-14H,2,5-6,11-12H2,1H3,(H,22,23,24). The normalized spacial score (nSPS) is 14.1. The van der Waals surface area contributed by atoms with Gasteiger partial charge in [-0.1, -0.05) is 35.2 Å². The summed E-state index contributed by atoms with van der Waals surface area (Å²) in [7, 11) is 0. The first kappa shape index (κ1) is 19.0. The van der Waals surface area contributed by atoms with Crippen LogP contribution >= 0.6 is 23.1 Å². The van der Waals surface area contributed by atoms with E-state index in [1.54, 1.807) is 29.3 Å². The molecule has 3 heterocycles. The van der Waals surface area contributed by atoms with Gasteiger partial charge in [-0.3, -0.25) is 4.79 Å². The lowest BCUT2D eigenvalue weighted by atomic mass is 10.1. The fourth-order valence-electron chi connectivity index (χ4n) is 3.19. The second kappa shape index (κ2) is 8.75. The molecule has 1 aliphatic rings. The molecule has 1 N–H and O–H groups in total. The van der Waals surface area contributed by atoms with Crippen LogP contribution in [0.4, 0.5) is 10.9 Å². The number of benzene rings is 1. The fourth-order valence-corrected chi connectivity index (χ4v) is 5.09. The van der Waals surface area contributed by atoms with Crippen LogP contribution in [-0.2, 0) is 0 Å². The average molecular weight is 411 g/mol. The molecule has 0 aliphatic carbocycles. The number of aromatic nitrogens is 2. The molecule has 0 atom stereocenters. The van der Waals surface area contributed by atoms with Gasteiger partial charge < -0.3 is 10.2 Å². The Morgan fingerprint density at radius 2 is 2.00 bits per heavy atom. The zero-order chi connectivity index (χ0) is 19.3. The molecule has 1 amide bonds. The molecule has 1 saturated heterocycles. The molecule has 0 bridgehead atoms. The molecule has 0 radical (unpaired) electrons. The average Bonchev–Trinajstić information content (AvgIpc) is 3.17. The van der Waals surface area contributed by atoms with Gasteiger partial charge in [-0.15, -0.1) is 0 Å². The van der Waals surface area contributed by atoms with Crippen LogP contribution in [0.15, 0.2) is 57.9 Å². The molecule has 0 spiro atoms. The van der Waals surface area contributed by atoms with E-state index in [1.165, 1.54) is 6.42 Å². The number of pyridine rings is 1. The van der Waals surface area contributed by atoms with Crippen molar-refractivity contribution in [2.24, 2.45) is 0 Å².